The lowest BCUT2D eigenvalue weighted by atomic mass is 10.1. The van der Waals surface area contributed by atoms with Crippen LogP contribution in [0.2, 0.25) is 0 Å². The van der Waals surface area contributed by atoms with Crippen molar-refractivity contribution in [2.75, 3.05) is 13.2 Å². The first-order valence-corrected chi connectivity index (χ1v) is 28.2. The number of esters is 3. The summed E-state index contributed by atoms with van der Waals surface area (Å²) >= 11 is 0. The predicted molar refractivity (Wildman–Crippen MR) is 293 cm³/mol. The molecule has 0 aliphatic heterocycles. The highest BCUT2D eigenvalue weighted by atomic mass is 16.6. The van der Waals surface area contributed by atoms with Gasteiger partial charge in [0.1, 0.15) is 13.2 Å². The van der Waals surface area contributed by atoms with Crippen LogP contribution in [0.25, 0.3) is 0 Å². The van der Waals surface area contributed by atoms with E-state index in [1.165, 1.54) is 77.0 Å². The molecule has 0 N–H and O–H groups in total. The fourth-order valence-corrected chi connectivity index (χ4v) is 7.55. The molecule has 0 aromatic heterocycles. The van der Waals surface area contributed by atoms with Gasteiger partial charge in [0.2, 0.25) is 0 Å². The minimum absolute atomic E-state index is 0.0905. The van der Waals surface area contributed by atoms with Crippen LogP contribution in [0.5, 0.6) is 0 Å². The zero-order valence-corrected chi connectivity index (χ0v) is 44.3. The summed E-state index contributed by atoms with van der Waals surface area (Å²) < 4.78 is 16.8. The fourth-order valence-electron chi connectivity index (χ4n) is 7.55. The lowest BCUT2D eigenvalue weighted by Gasteiger charge is -2.18. The Labute approximate surface area is 419 Å². The van der Waals surface area contributed by atoms with E-state index >= 15 is 0 Å². The molecular weight excluding hydrogens is 841 g/mol. The fraction of sp³-hybridized carbons (Fsp3) is 0.694. The van der Waals surface area contributed by atoms with E-state index in [1.54, 1.807) is 0 Å². The van der Waals surface area contributed by atoms with Gasteiger partial charge in [-0.1, -0.05) is 227 Å². The Kier molecular flexibility index (Phi) is 52.9. The van der Waals surface area contributed by atoms with Gasteiger partial charge in [0, 0.05) is 19.3 Å². The molecule has 0 heterocycles. The van der Waals surface area contributed by atoms with Gasteiger partial charge in [-0.05, 0) is 109 Å². The normalized spacial score (nSPS) is 12.8. The zero-order chi connectivity index (χ0) is 49.3. The lowest BCUT2D eigenvalue weighted by Crippen LogP contribution is -2.30. The summed E-state index contributed by atoms with van der Waals surface area (Å²) in [7, 11) is 0. The number of hydrogen-bond acceptors (Lipinski definition) is 6. The zero-order valence-electron chi connectivity index (χ0n) is 44.3. The quantitative estimate of drug-likeness (QED) is 0.0262. The second-order valence-electron chi connectivity index (χ2n) is 18.5. The monoisotopic (exact) mass is 945 g/mol. The highest BCUT2D eigenvalue weighted by molar-refractivity contribution is 5.71. The van der Waals surface area contributed by atoms with Gasteiger partial charge in [-0.2, -0.15) is 0 Å². The summed E-state index contributed by atoms with van der Waals surface area (Å²) in [4.78, 5) is 38.1. The standard InChI is InChI=1S/C62H104O6/c1-4-7-10-13-16-19-22-25-27-28-29-30-31-32-33-34-35-38-40-43-46-49-52-55-61(64)67-58-59(57-66-60(63)54-51-48-45-42-39-36-24-21-18-15-12-9-6-3)68-62(65)56-53-50-47-44-41-37-26-23-20-17-14-11-8-5-2/h7,10,12,14-17,19,21,23-27,29-30,59H,4-6,8-9,11,13,18,20,22,28,31-58H2,1-3H3/b10-7-,15-12-,17-14-,19-16-,24-21-,26-23-,27-25-,30-29-. The molecular formula is C62H104O6. The molecule has 388 valence electrons. The molecule has 0 radical (unpaired) electrons. The molecule has 6 heteroatoms. The Hall–Kier alpha value is -3.67. The molecule has 0 aromatic rings. The molecule has 0 saturated carbocycles. The third kappa shape index (κ3) is 53.3. The average Bonchev–Trinajstić information content (AvgIpc) is 3.34. The maximum atomic E-state index is 12.8. The molecule has 0 fully saturated rings. The molecule has 0 spiro atoms. The van der Waals surface area contributed by atoms with Crippen LogP contribution in [0.4, 0.5) is 0 Å². The van der Waals surface area contributed by atoms with E-state index in [4.69, 9.17) is 14.2 Å². The Morgan fingerprint density at radius 2 is 0.603 bits per heavy atom. The van der Waals surface area contributed by atoms with Crippen molar-refractivity contribution in [1.29, 1.82) is 0 Å². The van der Waals surface area contributed by atoms with Gasteiger partial charge in [-0.15, -0.1) is 0 Å². The average molecular weight is 946 g/mol. The summed E-state index contributed by atoms with van der Waals surface area (Å²) in [6, 6.07) is 0. The van der Waals surface area contributed by atoms with Crippen LogP contribution in [-0.4, -0.2) is 37.2 Å². The van der Waals surface area contributed by atoms with Gasteiger partial charge in [-0.3, -0.25) is 14.4 Å². The van der Waals surface area contributed by atoms with Gasteiger partial charge in [0.15, 0.2) is 6.10 Å². The predicted octanol–water partition coefficient (Wildman–Crippen LogP) is 18.9. The summed E-state index contributed by atoms with van der Waals surface area (Å²) in [5, 5.41) is 0. The third-order valence-corrected chi connectivity index (χ3v) is 11.8. The van der Waals surface area contributed by atoms with Gasteiger partial charge < -0.3 is 14.2 Å². The van der Waals surface area contributed by atoms with Crippen molar-refractivity contribution >= 4 is 17.9 Å². The lowest BCUT2D eigenvalue weighted by molar-refractivity contribution is -0.167. The third-order valence-electron chi connectivity index (χ3n) is 11.8. The molecule has 0 amide bonds. The van der Waals surface area contributed by atoms with Crippen molar-refractivity contribution in [3.05, 3.63) is 97.2 Å². The van der Waals surface area contributed by atoms with Crippen molar-refractivity contribution in [3.63, 3.8) is 0 Å². The summed E-state index contributed by atoms with van der Waals surface area (Å²) in [5.74, 6) is -0.922. The van der Waals surface area contributed by atoms with Crippen molar-refractivity contribution in [3.8, 4) is 0 Å². The first-order chi connectivity index (χ1) is 33.5. The second kappa shape index (κ2) is 55.9. The van der Waals surface area contributed by atoms with E-state index in [-0.39, 0.29) is 31.1 Å². The van der Waals surface area contributed by atoms with E-state index in [0.29, 0.717) is 19.3 Å². The molecule has 0 saturated heterocycles. The van der Waals surface area contributed by atoms with Crippen LogP contribution >= 0.6 is 0 Å². The van der Waals surface area contributed by atoms with Crippen LogP contribution in [0.1, 0.15) is 258 Å². The summed E-state index contributed by atoms with van der Waals surface area (Å²) in [5.41, 5.74) is 0. The largest absolute Gasteiger partial charge is 0.462 e. The molecule has 0 aromatic carbocycles. The number of carbonyl (C=O) groups excluding carboxylic acids is 3. The molecule has 0 aliphatic carbocycles. The first-order valence-electron chi connectivity index (χ1n) is 28.2. The SMILES string of the molecule is CC/C=C\C/C=C\C/C=C\C/C=C\CCCCCCCCCCCCC(=O)OCC(COC(=O)CCCCCCC/C=C\C/C=C\CCC)OC(=O)CCCCCCC/C=C\C/C=C\CCCC. The van der Waals surface area contributed by atoms with Crippen LogP contribution < -0.4 is 0 Å². The molecule has 68 heavy (non-hydrogen) atoms. The molecule has 1 unspecified atom stereocenters. The van der Waals surface area contributed by atoms with Gasteiger partial charge in [0.25, 0.3) is 0 Å². The van der Waals surface area contributed by atoms with Crippen LogP contribution in [0, 0.1) is 0 Å². The minimum Gasteiger partial charge on any atom is -0.462 e. The highest BCUT2D eigenvalue weighted by Gasteiger charge is 2.19. The molecule has 0 bridgehead atoms. The van der Waals surface area contributed by atoms with E-state index in [2.05, 4.69) is 118 Å². The van der Waals surface area contributed by atoms with Crippen LogP contribution in [-0.2, 0) is 28.6 Å². The Morgan fingerprint density at radius 3 is 0.956 bits per heavy atom. The number of carbonyl (C=O) groups is 3. The molecule has 0 rings (SSSR count). The maximum absolute atomic E-state index is 12.8. The maximum Gasteiger partial charge on any atom is 0.306 e. The van der Waals surface area contributed by atoms with Crippen molar-refractivity contribution < 1.29 is 28.6 Å². The minimum atomic E-state index is -0.793. The topological polar surface area (TPSA) is 78.9 Å². The van der Waals surface area contributed by atoms with E-state index in [9.17, 15) is 14.4 Å². The smallest absolute Gasteiger partial charge is 0.306 e. The Balaban J connectivity index is 4.35. The number of ether oxygens (including phenoxy) is 3. The highest BCUT2D eigenvalue weighted by Crippen LogP contribution is 2.15. The van der Waals surface area contributed by atoms with Crippen molar-refractivity contribution in [2.45, 2.75) is 264 Å². The second-order valence-corrected chi connectivity index (χ2v) is 18.5. The Bertz CT molecular complexity index is 1360. The number of rotatable bonds is 50. The molecule has 0 aliphatic rings. The number of unbranched alkanes of at least 4 members (excludes halogenated alkanes) is 23. The van der Waals surface area contributed by atoms with Crippen LogP contribution in [0.3, 0.4) is 0 Å². The summed E-state index contributed by atoms with van der Waals surface area (Å²) in [6.07, 6.45) is 73.9. The van der Waals surface area contributed by atoms with E-state index in [1.807, 2.05) is 0 Å². The molecule has 1 atom stereocenters. The van der Waals surface area contributed by atoms with Gasteiger partial charge in [-0.25, -0.2) is 0 Å². The Morgan fingerprint density at radius 1 is 0.309 bits per heavy atom. The van der Waals surface area contributed by atoms with Crippen LogP contribution in [0.15, 0.2) is 97.2 Å². The summed E-state index contributed by atoms with van der Waals surface area (Å²) in [6.45, 7) is 6.40. The van der Waals surface area contributed by atoms with Crippen molar-refractivity contribution in [1.82, 2.24) is 0 Å². The number of allylic oxidation sites excluding steroid dienone is 16. The van der Waals surface area contributed by atoms with Crippen molar-refractivity contribution in [2.24, 2.45) is 0 Å². The molecule has 6 nitrogen and oxygen atoms in total. The first kappa shape index (κ1) is 64.3. The van der Waals surface area contributed by atoms with Gasteiger partial charge in [0.05, 0.1) is 0 Å². The van der Waals surface area contributed by atoms with Gasteiger partial charge >= 0.3 is 17.9 Å². The number of hydrogen-bond donors (Lipinski definition) is 0. The van der Waals surface area contributed by atoms with E-state index < -0.39 is 6.10 Å². The van der Waals surface area contributed by atoms with E-state index in [0.717, 1.165) is 141 Å².